The van der Waals surface area contributed by atoms with E-state index in [4.69, 9.17) is 0 Å². The van der Waals surface area contributed by atoms with E-state index in [0.717, 1.165) is 56.9 Å². The Bertz CT molecular complexity index is 593. The summed E-state index contributed by atoms with van der Waals surface area (Å²) in [5, 5.41) is 9.59. The van der Waals surface area contributed by atoms with Gasteiger partial charge in [-0.15, -0.1) is 10.2 Å². The second kappa shape index (κ2) is 7.59. The highest BCUT2D eigenvalue weighted by atomic mass is 32.1. The monoisotopic (exact) mass is 350 g/mol. The summed E-state index contributed by atoms with van der Waals surface area (Å²) in [5.74, 6) is 1.12. The SMILES string of the molecule is CC(C)c1nnc(C(=O)N2CCC(CN3CCCCC3=O)CC2)s1. The molecule has 24 heavy (non-hydrogen) atoms. The van der Waals surface area contributed by atoms with E-state index in [2.05, 4.69) is 24.0 Å². The summed E-state index contributed by atoms with van der Waals surface area (Å²) in [7, 11) is 0. The van der Waals surface area contributed by atoms with Gasteiger partial charge in [0, 0.05) is 38.5 Å². The summed E-state index contributed by atoms with van der Waals surface area (Å²) >= 11 is 1.41. The maximum atomic E-state index is 12.6. The largest absolute Gasteiger partial charge is 0.342 e. The van der Waals surface area contributed by atoms with Crippen molar-refractivity contribution in [2.45, 2.75) is 51.9 Å². The van der Waals surface area contributed by atoms with Crippen molar-refractivity contribution < 1.29 is 9.59 Å². The normalized spacial score (nSPS) is 20.0. The van der Waals surface area contributed by atoms with E-state index in [1.165, 1.54) is 11.3 Å². The Kier molecular flexibility index (Phi) is 5.48. The minimum atomic E-state index is 0.00639. The van der Waals surface area contributed by atoms with Crippen LogP contribution < -0.4 is 0 Å². The summed E-state index contributed by atoms with van der Waals surface area (Å²) < 4.78 is 0. The third kappa shape index (κ3) is 3.94. The standard InChI is InChI=1S/C17H26N4O2S/c1-12(2)15-18-19-16(24-15)17(23)20-9-6-13(7-10-20)11-21-8-4-3-5-14(21)22/h12-13H,3-11H2,1-2H3. The van der Waals surface area contributed by atoms with Crippen LogP contribution in [-0.2, 0) is 4.79 Å². The number of hydrogen-bond acceptors (Lipinski definition) is 5. The molecule has 0 radical (unpaired) electrons. The van der Waals surface area contributed by atoms with Crippen LogP contribution in [0.3, 0.4) is 0 Å². The fourth-order valence-corrected chi connectivity index (χ4v) is 4.19. The number of hydrogen-bond donors (Lipinski definition) is 0. The van der Waals surface area contributed by atoms with Gasteiger partial charge in [-0.25, -0.2) is 0 Å². The number of amides is 2. The lowest BCUT2D eigenvalue weighted by Crippen LogP contribution is -2.44. The lowest BCUT2D eigenvalue weighted by atomic mass is 9.95. The van der Waals surface area contributed by atoms with Crippen LogP contribution in [0.15, 0.2) is 0 Å². The molecule has 0 spiro atoms. The van der Waals surface area contributed by atoms with Gasteiger partial charge in [-0.2, -0.15) is 0 Å². The van der Waals surface area contributed by atoms with Gasteiger partial charge in [0.25, 0.3) is 5.91 Å². The van der Waals surface area contributed by atoms with E-state index in [0.29, 0.717) is 29.2 Å². The first-order valence-corrected chi connectivity index (χ1v) is 9.76. The van der Waals surface area contributed by atoms with Crippen LogP contribution in [-0.4, -0.2) is 58.0 Å². The minimum Gasteiger partial charge on any atom is -0.342 e. The highest BCUT2D eigenvalue weighted by Gasteiger charge is 2.28. The minimum absolute atomic E-state index is 0.00639. The zero-order valence-electron chi connectivity index (χ0n) is 14.5. The van der Waals surface area contributed by atoms with Crippen LogP contribution in [0.5, 0.6) is 0 Å². The van der Waals surface area contributed by atoms with Crippen molar-refractivity contribution in [3.05, 3.63) is 10.0 Å². The Morgan fingerprint density at radius 2 is 1.96 bits per heavy atom. The first kappa shape index (κ1) is 17.3. The van der Waals surface area contributed by atoms with Crippen LogP contribution in [0.2, 0.25) is 0 Å². The maximum Gasteiger partial charge on any atom is 0.284 e. The predicted octanol–water partition coefficient (Wildman–Crippen LogP) is 2.53. The summed E-state index contributed by atoms with van der Waals surface area (Å²) in [4.78, 5) is 28.4. The third-order valence-electron chi connectivity index (χ3n) is 4.92. The van der Waals surface area contributed by atoms with E-state index in [1.54, 1.807) is 0 Å². The Balaban J connectivity index is 1.50. The number of nitrogens with zero attached hydrogens (tertiary/aromatic N) is 4. The number of aromatic nitrogens is 2. The summed E-state index contributed by atoms with van der Waals surface area (Å²) in [6, 6.07) is 0. The van der Waals surface area contributed by atoms with E-state index in [9.17, 15) is 9.59 Å². The number of carbonyl (C=O) groups excluding carboxylic acids is 2. The molecule has 2 saturated heterocycles. The van der Waals surface area contributed by atoms with Crippen LogP contribution in [0.25, 0.3) is 0 Å². The second-order valence-corrected chi connectivity index (χ2v) is 8.14. The van der Waals surface area contributed by atoms with E-state index in [1.807, 2.05) is 9.80 Å². The van der Waals surface area contributed by atoms with Gasteiger partial charge in [-0.05, 0) is 31.6 Å². The fourth-order valence-electron chi connectivity index (χ4n) is 3.37. The van der Waals surface area contributed by atoms with Crippen molar-refractivity contribution in [1.82, 2.24) is 20.0 Å². The second-order valence-electron chi connectivity index (χ2n) is 7.13. The summed E-state index contributed by atoms with van der Waals surface area (Å²) in [6.45, 7) is 7.38. The van der Waals surface area contributed by atoms with Gasteiger partial charge >= 0.3 is 0 Å². The molecule has 2 aliphatic rings. The molecule has 0 bridgehead atoms. The molecule has 2 fully saturated rings. The van der Waals surface area contributed by atoms with Crippen LogP contribution in [0.1, 0.15) is 66.7 Å². The van der Waals surface area contributed by atoms with E-state index >= 15 is 0 Å². The highest BCUT2D eigenvalue weighted by Crippen LogP contribution is 2.24. The zero-order valence-corrected chi connectivity index (χ0v) is 15.3. The molecule has 0 saturated carbocycles. The van der Waals surface area contributed by atoms with Gasteiger partial charge in [0.2, 0.25) is 10.9 Å². The predicted molar refractivity (Wildman–Crippen MR) is 93.1 cm³/mol. The van der Waals surface area contributed by atoms with Crippen molar-refractivity contribution in [3.63, 3.8) is 0 Å². The molecule has 132 valence electrons. The van der Waals surface area contributed by atoms with Crippen molar-refractivity contribution in [3.8, 4) is 0 Å². The first-order chi connectivity index (χ1) is 11.5. The van der Waals surface area contributed by atoms with Gasteiger partial charge in [0.1, 0.15) is 5.01 Å². The summed E-state index contributed by atoms with van der Waals surface area (Å²) in [6.07, 6.45) is 4.78. The molecule has 1 aromatic rings. The van der Waals surface area contributed by atoms with Crippen LogP contribution >= 0.6 is 11.3 Å². The molecular formula is C17H26N4O2S. The molecule has 0 aliphatic carbocycles. The maximum absolute atomic E-state index is 12.6. The highest BCUT2D eigenvalue weighted by molar-refractivity contribution is 7.13. The molecule has 3 rings (SSSR count). The van der Waals surface area contributed by atoms with Gasteiger partial charge < -0.3 is 9.80 Å². The van der Waals surface area contributed by atoms with Gasteiger partial charge in [0.05, 0.1) is 0 Å². The fraction of sp³-hybridized carbons (Fsp3) is 0.765. The zero-order chi connectivity index (χ0) is 17.1. The van der Waals surface area contributed by atoms with Crippen LogP contribution in [0.4, 0.5) is 0 Å². The average Bonchev–Trinajstić information content (AvgIpc) is 3.07. The Morgan fingerprint density at radius 3 is 2.58 bits per heavy atom. The molecular weight excluding hydrogens is 324 g/mol. The van der Waals surface area contributed by atoms with Gasteiger partial charge in [0.15, 0.2) is 0 Å². The van der Waals surface area contributed by atoms with Crippen molar-refractivity contribution in [2.75, 3.05) is 26.2 Å². The molecule has 3 heterocycles. The number of rotatable bonds is 4. The molecule has 0 N–H and O–H groups in total. The first-order valence-electron chi connectivity index (χ1n) is 8.95. The van der Waals surface area contributed by atoms with Crippen molar-refractivity contribution >= 4 is 23.2 Å². The smallest absolute Gasteiger partial charge is 0.284 e. The van der Waals surface area contributed by atoms with Crippen molar-refractivity contribution in [1.29, 1.82) is 0 Å². The van der Waals surface area contributed by atoms with Gasteiger partial charge in [-0.3, -0.25) is 9.59 Å². The molecule has 0 aromatic carbocycles. The van der Waals surface area contributed by atoms with Crippen LogP contribution in [0, 0.1) is 5.92 Å². The third-order valence-corrected chi connectivity index (χ3v) is 6.13. The topological polar surface area (TPSA) is 66.4 Å². The van der Waals surface area contributed by atoms with E-state index in [-0.39, 0.29) is 5.91 Å². The Hall–Kier alpha value is -1.50. The number of likely N-dealkylation sites (tertiary alicyclic amines) is 2. The molecule has 6 nitrogen and oxygen atoms in total. The molecule has 7 heteroatoms. The Labute approximate surface area is 147 Å². The van der Waals surface area contributed by atoms with E-state index < -0.39 is 0 Å². The summed E-state index contributed by atoms with van der Waals surface area (Å²) in [5.41, 5.74) is 0. The quantitative estimate of drug-likeness (QED) is 0.837. The lowest BCUT2D eigenvalue weighted by Gasteiger charge is -2.35. The van der Waals surface area contributed by atoms with Gasteiger partial charge in [-0.1, -0.05) is 25.2 Å². The molecule has 2 amide bonds. The van der Waals surface area contributed by atoms with Crippen molar-refractivity contribution in [2.24, 2.45) is 5.92 Å². The Morgan fingerprint density at radius 1 is 1.21 bits per heavy atom. The molecule has 0 unspecified atom stereocenters. The lowest BCUT2D eigenvalue weighted by molar-refractivity contribution is -0.134. The average molecular weight is 350 g/mol. The molecule has 0 atom stereocenters. The number of carbonyl (C=O) groups is 2. The molecule has 1 aromatic heterocycles. The number of piperidine rings is 2. The molecule has 2 aliphatic heterocycles.